The van der Waals surface area contributed by atoms with Crippen LogP contribution in [0.3, 0.4) is 0 Å². The predicted molar refractivity (Wildman–Crippen MR) is 76.1 cm³/mol. The van der Waals surface area contributed by atoms with E-state index in [1.807, 2.05) is 0 Å². The van der Waals surface area contributed by atoms with Gasteiger partial charge in [0.25, 0.3) is 5.69 Å². The van der Waals surface area contributed by atoms with Gasteiger partial charge in [-0.25, -0.2) is 13.1 Å². The number of sulfonamides is 1. The van der Waals surface area contributed by atoms with Crippen LogP contribution in [-0.4, -0.2) is 32.5 Å². The molecule has 0 aromatic heterocycles. The van der Waals surface area contributed by atoms with E-state index in [9.17, 15) is 18.5 Å². The molecule has 0 atom stereocenters. The first-order valence-corrected chi connectivity index (χ1v) is 7.30. The first-order chi connectivity index (χ1) is 9.07. The highest BCUT2D eigenvalue weighted by molar-refractivity contribution is 7.89. The van der Waals surface area contributed by atoms with Gasteiger partial charge in [0, 0.05) is 18.2 Å². The second-order valence-corrected chi connectivity index (χ2v) is 6.87. The lowest BCUT2D eigenvalue weighted by Crippen LogP contribution is -2.39. The third kappa shape index (κ3) is 4.15. The van der Waals surface area contributed by atoms with Gasteiger partial charge in [0.05, 0.1) is 9.82 Å². The van der Waals surface area contributed by atoms with Gasteiger partial charge in [0.2, 0.25) is 10.0 Å². The number of hydrogen-bond acceptors (Lipinski definition) is 6. The first kappa shape index (κ1) is 16.3. The van der Waals surface area contributed by atoms with Gasteiger partial charge in [-0.05, 0) is 33.0 Å². The van der Waals surface area contributed by atoms with Crippen molar-refractivity contribution in [3.05, 3.63) is 28.3 Å². The Balaban J connectivity index is 3.19. The summed E-state index contributed by atoms with van der Waals surface area (Å²) in [7, 11) is -2.48. The van der Waals surface area contributed by atoms with Gasteiger partial charge in [-0.1, -0.05) is 0 Å². The van der Waals surface area contributed by atoms with Crippen molar-refractivity contribution in [2.45, 2.75) is 24.3 Å². The molecule has 9 heteroatoms. The average Bonchev–Trinajstić information content (AvgIpc) is 2.35. The molecule has 0 unspecified atom stereocenters. The van der Waals surface area contributed by atoms with Crippen LogP contribution in [-0.2, 0) is 10.0 Å². The number of benzene rings is 1. The smallest absolute Gasteiger partial charge is 0.293 e. The molecule has 0 aliphatic carbocycles. The van der Waals surface area contributed by atoms with E-state index in [1.54, 1.807) is 13.8 Å². The lowest BCUT2D eigenvalue weighted by Gasteiger charge is -2.19. The predicted octanol–water partition coefficient (Wildman–Crippen LogP) is 0.652. The molecule has 0 bridgehead atoms. The van der Waals surface area contributed by atoms with Gasteiger partial charge < -0.3 is 11.1 Å². The highest BCUT2D eigenvalue weighted by atomic mass is 32.2. The minimum Gasteiger partial charge on any atom is -0.378 e. The highest BCUT2D eigenvalue weighted by Crippen LogP contribution is 2.27. The van der Waals surface area contributed by atoms with Crippen LogP contribution in [0.2, 0.25) is 0 Å². The fraction of sp³-hybridized carbons (Fsp3) is 0.455. The van der Waals surface area contributed by atoms with E-state index in [-0.39, 0.29) is 16.3 Å². The van der Waals surface area contributed by atoms with Crippen molar-refractivity contribution in [2.75, 3.05) is 18.9 Å². The van der Waals surface area contributed by atoms with E-state index in [2.05, 4.69) is 10.0 Å². The summed E-state index contributed by atoms with van der Waals surface area (Å²) in [5, 5.41) is 13.9. The second-order valence-electron chi connectivity index (χ2n) is 4.99. The van der Waals surface area contributed by atoms with E-state index in [0.29, 0.717) is 6.54 Å². The van der Waals surface area contributed by atoms with Gasteiger partial charge >= 0.3 is 0 Å². The zero-order chi connectivity index (χ0) is 15.6. The molecular weight excluding hydrogens is 284 g/mol. The standard InChI is InChI=1S/C11H18N4O4S/c1-11(2,12)7-14-9-5-4-8(20(18,19)13-3)6-10(9)15(16)17/h4-6,13-14H,7,12H2,1-3H3. The summed E-state index contributed by atoms with van der Waals surface area (Å²) in [5.41, 5.74) is 5.15. The summed E-state index contributed by atoms with van der Waals surface area (Å²) >= 11 is 0. The molecule has 0 heterocycles. The summed E-state index contributed by atoms with van der Waals surface area (Å²) in [5.74, 6) is 0. The van der Waals surface area contributed by atoms with Crippen LogP contribution in [0.1, 0.15) is 13.8 Å². The van der Waals surface area contributed by atoms with Crippen LogP contribution in [0.5, 0.6) is 0 Å². The summed E-state index contributed by atoms with van der Waals surface area (Å²) in [6.07, 6.45) is 0. The van der Waals surface area contributed by atoms with Crippen molar-refractivity contribution in [2.24, 2.45) is 5.73 Å². The number of nitro groups is 1. The van der Waals surface area contributed by atoms with Crippen LogP contribution < -0.4 is 15.8 Å². The van der Waals surface area contributed by atoms with Crippen molar-refractivity contribution >= 4 is 21.4 Å². The number of nitrogens with one attached hydrogen (secondary N) is 2. The minimum absolute atomic E-state index is 0.163. The van der Waals surface area contributed by atoms with Crippen LogP contribution in [0.4, 0.5) is 11.4 Å². The molecule has 112 valence electrons. The summed E-state index contributed by atoms with van der Waals surface area (Å²) in [6.45, 7) is 3.85. The van der Waals surface area contributed by atoms with E-state index in [4.69, 9.17) is 5.73 Å². The second kappa shape index (κ2) is 5.73. The normalized spacial score (nSPS) is 12.2. The Morgan fingerprint density at radius 2 is 2.00 bits per heavy atom. The third-order valence-electron chi connectivity index (χ3n) is 2.48. The number of nitrogens with zero attached hydrogens (tertiary/aromatic N) is 1. The molecule has 20 heavy (non-hydrogen) atoms. The Labute approximate surface area is 117 Å². The maximum atomic E-state index is 11.6. The molecule has 0 aliphatic rings. The van der Waals surface area contributed by atoms with Crippen LogP contribution in [0, 0.1) is 10.1 Å². The molecule has 1 aromatic carbocycles. The largest absolute Gasteiger partial charge is 0.378 e. The van der Waals surface area contributed by atoms with Gasteiger partial charge in [-0.15, -0.1) is 0 Å². The Hall–Kier alpha value is -1.71. The molecule has 0 aliphatic heterocycles. The summed E-state index contributed by atoms with van der Waals surface area (Å²) in [6, 6.07) is 3.66. The highest BCUT2D eigenvalue weighted by Gasteiger charge is 2.21. The Morgan fingerprint density at radius 3 is 2.45 bits per heavy atom. The van der Waals surface area contributed by atoms with Crippen LogP contribution >= 0.6 is 0 Å². The van der Waals surface area contributed by atoms with E-state index < -0.39 is 20.5 Å². The average molecular weight is 302 g/mol. The van der Waals surface area contributed by atoms with E-state index in [1.165, 1.54) is 19.2 Å². The van der Waals surface area contributed by atoms with Gasteiger partial charge in [-0.2, -0.15) is 0 Å². The molecule has 0 fully saturated rings. The quantitative estimate of drug-likeness (QED) is 0.523. The maximum Gasteiger partial charge on any atom is 0.293 e. The van der Waals surface area contributed by atoms with Crippen molar-refractivity contribution in [3.63, 3.8) is 0 Å². The SMILES string of the molecule is CNS(=O)(=O)c1ccc(NCC(C)(C)N)c([N+](=O)[O-])c1. The zero-order valence-corrected chi connectivity index (χ0v) is 12.3. The monoisotopic (exact) mass is 302 g/mol. The van der Waals surface area contributed by atoms with Crippen molar-refractivity contribution < 1.29 is 13.3 Å². The Morgan fingerprint density at radius 1 is 1.40 bits per heavy atom. The molecule has 0 radical (unpaired) electrons. The van der Waals surface area contributed by atoms with Gasteiger partial charge in [-0.3, -0.25) is 10.1 Å². The Kier molecular flexibility index (Phi) is 4.69. The topological polar surface area (TPSA) is 127 Å². The van der Waals surface area contributed by atoms with Crippen molar-refractivity contribution in [3.8, 4) is 0 Å². The van der Waals surface area contributed by atoms with Gasteiger partial charge in [0.1, 0.15) is 5.69 Å². The first-order valence-electron chi connectivity index (χ1n) is 5.81. The van der Waals surface area contributed by atoms with E-state index >= 15 is 0 Å². The molecule has 1 aromatic rings. The maximum absolute atomic E-state index is 11.6. The van der Waals surface area contributed by atoms with Crippen LogP contribution in [0.25, 0.3) is 0 Å². The third-order valence-corrected chi connectivity index (χ3v) is 3.89. The molecular formula is C11H18N4O4S. The molecule has 0 saturated carbocycles. The Bertz CT molecular complexity index is 607. The van der Waals surface area contributed by atoms with Crippen molar-refractivity contribution in [1.82, 2.24) is 4.72 Å². The lowest BCUT2D eigenvalue weighted by molar-refractivity contribution is -0.384. The molecule has 4 N–H and O–H groups in total. The number of hydrogen-bond donors (Lipinski definition) is 3. The molecule has 8 nitrogen and oxygen atoms in total. The van der Waals surface area contributed by atoms with Gasteiger partial charge in [0.15, 0.2) is 0 Å². The molecule has 1 rings (SSSR count). The number of nitrogens with two attached hydrogens (primary N) is 1. The van der Waals surface area contributed by atoms with Crippen molar-refractivity contribution in [1.29, 1.82) is 0 Å². The lowest BCUT2D eigenvalue weighted by atomic mass is 10.1. The molecule has 0 saturated heterocycles. The molecule has 0 spiro atoms. The fourth-order valence-electron chi connectivity index (χ4n) is 1.42. The van der Waals surface area contributed by atoms with E-state index in [0.717, 1.165) is 6.07 Å². The summed E-state index contributed by atoms with van der Waals surface area (Å²) in [4.78, 5) is 10.2. The number of nitro benzene ring substituents is 1. The molecule has 0 amide bonds. The number of rotatable bonds is 6. The van der Waals surface area contributed by atoms with Crippen LogP contribution in [0.15, 0.2) is 23.1 Å². The minimum atomic E-state index is -3.72. The fourth-order valence-corrected chi connectivity index (χ4v) is 2.17. The zero-order valence-electron chi connectivity index (χ0n) is 11.5. The number of anilines is 1. The summed E-state index contributed by atoms with van der Waals surface area (Å²) < 4.78 is 25.4.